The number of thiophene rings is 1. The van der Waals surface area contributed by atoms with Gasteiger partial charge in [-0.15, -0.1) is 0 Å². The minimum atomic E-state index is 0.0305. The maximum Gasteiger partial charge on any atom is 0.254 e. The average Bonchev–Trinajstić information content (AvgIpc) is 3.07. The maximum atomic E-state index is 12.4. The first-order chi connectivity index (χ1) is 10.7. The molecule has 22 heavy (non-hydrogen) atoms. The molecule has 0 aromatic carbocycles. The normalized spacial score (nSPS) is 21.6. The summed E-state index contributed by atoms with van der Waals surface area (Å²) in [5.74, 6) is 0.439. The quantitative estimate of drug-likeness (QED) is 0.872. The zero-order valence-corrected chi connectivity index (χ0v) is 14.0. The van der Waals surface area contributed by atoms with Crippen LogP contribution >= 0.6 is 11.3 Å². The highest BCUT2D eigenvalue weighted by molar-refractivity contribution is 7.08. The van der Waals surface area contributed by atoms with Gasteiger partial charge in [0.05, 0.1) is 12.2 Å². The zero-order chi connectivity index (χ0) is 15.9. The van der Waals surface area contributed by atoms with Crippen molar-refractivity contribution in [2.75, 3.05) is 26.8 Å². The second kappa shape index (κ2) is 8.29. The summed E-state index contributed by atoms with van der Waals surface area (Å²) in [5.41, 5.74) is 0.766. The second-order valence-electron chi connectivity index (χ2n) is 5.64. The van der Waals surface area contributed by atoms with Crippen LogP contribution in [0.3, 0.4) is 0 Å². The van der Waals surface area contributed by atoms with Crippen LogP contribution in [-0.2, 0) is 9.53 Å². The van der Waals surface area contributed by atoms with E-state index in [2.05, 4.69) is 12.2 Å². The second-order valence-corrected chi connectivity index (χ2v) is 6.42. The lowest BCUT2D eigenvalue weighted by Crippen LogP contribution is -2.52. The van der Waals surface area contributed by atoms with E-state index in [1.54, 1.807) is 7.11 Å². The summed E-state index contributed by atoms with van der Waals surface area (Å²) in [6.45, 7) is 3.95. The van der Waals surface area contributed by atoms with Crippen molar-refractivity contribution in [3.05, 3.63) is 22.4 Å². The Labute approximate surface area is 135 Å². The van der Waals surface area contributed by atoms with Crippen molar-refractivity contribution < 1.29 is 14.3 Å². The van der Waals surface area contributed by atoms with E-state index < -0.39 is 0 Å². The van der Waals surface area contributed by atoms with Gasteiger partial charge in [-0.3, -0.25) is 9.59 Å². The predicted octanol–water partition coefficient (Wildman–Crippen LogP) is 2.14. The molecule has 0 spiro atoms. The summed E-state index contributed by atoms with van der Waals surface area (Å²) < 4.78 is 4.93. The third kappa shape index (κ3) is 4.30. The number of nitrogens with one attached hydrogen (secondary N) is 1. The van der Waals surface area contributed by atoms with Gasteiger partial charge in [0.25, 0.3) is 5.91 Å². The predicted molar refractivity (Wildman–Crippen MR) is 87.0 cm³/mol. The minimum absolute atomic E-state index is 0.0305. The van der Waals surface area contributed by atoms with Crippen molar-refractivity contribution in [1.29, 1.82) is 0 Å². The molecule has 0 bridgehead atoms. The molecule has 1 aromatic rings. The Morgan fingerprint density at radius 1 is 1.50 bits per heavy atom. The number of amides is 2. The van der Waals surface area contributed by atoms with Crippen LogP contribution in [0.2, 0.25) is 0 Å². The number of hydrogen-bond acceptors (Lipinski definition) is 4. The van der Waals surface area contributed by atoms with Gasteiger partial charge in [-0.2, -0.15) is 11.3 Å². The molecule has 0 aliphatic carbocycles. The van der Waals surface area contributed by atoms with Crippen molar-refractivity contribution in [3.63, 3.8) is 0 Å². The van der Waals surface area contributed by atoms with Crippen molar-refractivity contribution >= 4 is 23.2 Å². The molecule has 1 saturated heterocycles. The van der Waals surface area contributed by atoms with E-state index >= 15 is 0 Å². The Hall–Kier alpha value is -1.40. The molecular weight excluding hydrogens is 300 g/mol. The number of methoxy groups -OCH3 is 1. The highest BCUT2D eigenvalue weighted by Gasteiger charge is 2.31. The number of nitrogens with zero attached hydrogens (tertiary/aromatic N) is 1. The monoisotopic (exact) mass is 324 g/mol. The van der Waals surface area contributed by atoms with Crippen LogP contribution in [0.5, 0.6) is 0 Å². The van der Waals surface area contributed by atoms with Gasteiger partial charge in [0, 0.05) is 38.0 Å². The first kappa shape index (κ1) is 17.0. The third-order valence-electron chi connectivity index (χ3n) is 4.19. The Balaban J connectivity index is 1.90. The number of rotatable bonds is 6. The third-order valence-corrected chi connectivity index (χ3v) is 4.88. The van der Waals surface area contributed by atoms with Gasteiger partial charge in [0.2, 0.25) is 5.91 Å². The smallest absolute Gasteiger partial charge is 0.254 e. The summed E-state index contributed by atoms with van der Waals surface area (Å²) in [6, 6.07) is 2.02. The highest BCUT2D eigenvalue weighted by atomic mass is 32.1. The summed E-state index contributed by atoms with van der Waals surface area (Å²) in [7, 11) is 1.59. The fraction of sp³-hybridized carbons (Fsp3) is 0.625. The SMILES string of the molecule is CC[C@@H]1CN(C(=O)c2ccsc2)CC[C@@H]1NC(=O)CCOC. The van der Waals surface area contributed by atoms with Crippen molar-refractivity contribution in [2.24, 2.45) is 5.92 Å². The molecule has 1 N–H and O–H groups in total. The van der Waals surface area contributed by atoms with E-state index in [1.807, 2.05) is 21.7 Å². The summed E-state index contributed by atoms with van der Waals surface area (Å²) >= 11 is 1.54. The van der Waals surface area contributed by atoms with E-state index in [1.165, 1.54) is 11.3 Å². The summed E-state index contributed by atoms with van der Waals surface area (Å²) in [5, 5.41) is 6.91. The van der Waals surface area contributed by atoms with E-state index in [-0.39, 0.29) is 17.9 Å². The Bertz CT molecular complexity index is 490. The van der Waals surface area contributed by atoms with Gasteiger partial charge in [-0.1, -0.05) is 6.92 Å². The molecule has 1 fully saturated rings. The van der Waals surface area contributed by atoms with E-state index in [0.717, 1.165) is 18.4 Å². The number of hydrogen-bond donors (Lipinski definition) is 1. The van der Waals surface area contributed by atoms with Crippen LogP contribution in [0.4, 0.5) is 0 Å². The van der Waals surface area contributed by atoms with Crippen LogP contribution < -0.4 is 5.32 Å². The lowest BCUT2D eigenvalue weighted by atomic mass is 9.89. The number of carbonyl (C=O) groups excluding carboxylic acids is 2. The van der Waals surface area contributed by atoms with Gasteiger partial charge in [-0.25, -0.2) is 0 Å². The van der Waals surface area contributed by atoms with E-state index in [9.17, 15) is 9.59 Å². The molecule has 6 heteroatoms. The molecule has 1 aliphatic rings. The molecule has 5 nitrogen and oxygen atoms in total. The maximum absolute atomic E-state index is 12.4. The fourth-order valence-electron chi connectivity index (χ4n) is 2.86. The number of ether oxygens (including phenoxy) is 1. The lowest BCUT2D eigenvalue weighted by Gasteiger charge is -2.38. The van der Waals surface area contributed by atoms with Crippen LogP contribution in [-0.4, -0.2) is 49.6 Å². The highest BCUT2D eigenvalue weighted by Crippen LogP contribution is 2.22. The van der Waals surface area contributed by atoms with Gasteiger partial charge in [0.15, 0.2) is 0 Å². The fourth-order valence-corrected chi connectivity index (χ4v) is 3.49. The van der Waals surface area contributed by atoms with Crippen LogP contribution in [0.15, 0.2) is 16.8 Å². The summed E-state index contributed by atoms with van der Waals surface area (Å²) in [4.78, 5) is 26.2. The van der Waals surface area contributed by atoms with Crippen molar-refractivity contribution in [1.82, 2.24) is 10.2 Å². The molecule has 0 radical (unpaired) electrons. The molecule has 2 amide bonds. The van der Waals surface area contributed by atoms with Gasteiger partial charge in [0.1, 0.15) is 0 Å². The standard InChI is InChI=1S/C16H24N2O3S/c1-3-12-10-18(16(20)13-6-9-22-11-13)7-4-14(12)17-15(19)5-8-21-2/h6,9,11-12,14H,3-5,7-8,10H2,1-2H3,(H,17,19)/t12-,14+/m1/s1. The average molecular weight is 324 g/mol. The lowest BCUT2D eigenvalue weighted by molar-refractivity contribution is -0.123. The van der Waals surface area contributed by atoms with E-state index in [0.29, 0.717) is 32.0 Å². The molecule has 2 atom stereocenters. The number of carbonyl (C=O) groups is 2. The number of likely N-dealkylation sites (tertiary alicyclic amines) is 1. The van der Waals surface area contributed by atoms with Crippen molar-refractivity contribution in [2.45, 2.75) is 32.2 Å². The molecule has 1 aliphatic heterocycles. The molecular formula is C16H24N2O3S. The molecule has 2 rings (SSSR count). The molecule has 0 saturated carbocycles. The summed E-state index contributed by atoms with van der Waals surface area (Å²) in [6.07, 6.45) is 2.15. The van der Waals surface area contributed by atoms with Gasteiger partial charge < -0.3 is 15.0 Å². The van der Waals surface area contributed by atoms with Crippen molar-refractivity contribution in [3.8, 4) is 0 Å². The Morgan fingerprint density at radius 3 is 2.95 bits per heavy atom. The van der Waals surface area contributed by atoms with Crippen LogP contribution in [0, 0.1) is 5.92 Å². The van der Waals surface area contributed by atoms with E-state index in [4.69, 9.17) is 4.74 Å². The molecule has 0 unspecified atom stereocenters. The molecule has 2 heterocycles. The van der Waals surface area contributed by atoms with Gasteiger partial charge >= 0.3 is 0 Å². The van der Waals surface area contributed by atoms with Gasteiger partial charge in [-0.05, 0) is 30.2 Å². The van der Waals surface area contributed by atoms with Crippen LogP contribution in [0.1, 0.15) is 36.5 Å². The zero-order valence-electron chi connectivity index (χ0n) is 13.2. The first-order valence-electron chi connectivity index (χ1n) is 7.75. The largest absolute Gasteiger partial charge is 0.384 e. The topological polar surface area (TPSA) is 58.6 Å². The molecule has 122 valence electrons. The Morgan fingerprint density at radius 2 is 2.32 bits per heavy atom. The van der Waals surface area contributed by atoms with Crippen LogP contribution in [0.25, 0.3) is 0 Å². The first-order valence-corrected chi connectivity index (χ1v) is 8.69. The Kier molecular flexibility index (Phi) is 6.39. The number of piperidine rings is 1. The minimum Gasteiger partial charge on any atom is -0.384 e. The molecule has 1 aromatic heterocycles.